The maximum Gasteiger partial charge on any atom is 0.411 e. The molecule has 4 nitrogen and oxygen atoms in total. The molecule has 1 aliphatic heterocycles. The quantitative estimate of drug-likeness (QED) is 0.641. The third-order valence-corrected chi connectivity index (χ3v) is 5.16. The van der Waals surface area contributed by atoms with Gasteiger partial charge in [-0.05, 0) is 16.5 Å². The largest absolute Gasteiger partial charge is 0.488 e. The van der Waals surface area contributed by atoms with Gasteiger partial charge in [-0.3, -0.25) is 4.90 Å². The number of hydrogen-bond donors (Lipinski definition) is 1. The summed E-state index contributed by atoms with van der Waals surface area (Å²) in [5.41, 5.74) is 2.72. The predicted molar refractivity (Wildman–Crippen MR) is 104 cm³/mol. The zero-order valence-electron chi connectivity index (χ0n) is 14.1. The normalized spacial score (nSPS) is 15.9. The highest BCUT2D eigenvalue weighted by Gasteiger charge is 2.34. The molecule has 0 spiro atoms. The molecule has 0 radical (unpaired) electrons. The number of ether oxygens (including phenoxy) is 1. The highest BCUT2D eigenvalue weighted by Crippen LogP contribution is 2.45. The molecule has 1 N–H and O–H groups in total. The van der Waals surface area contributed by atoms with E-state index in [2.05, 4.69) is 0 Å². The Kier molecular flexibility index (Phi) is 4.43. The summed E-state index contributed by atoms with van der Waals surface area (Å²) in [5, 5.41) is 11.6. The van der Waals surface area contributed by atoms with E-state index in [1.807, 2.05) is 60.7 Å². The molecule has 0 fully saturated rings. The number of nitrogens with zero attached hydrogens (tertiary/aromatic N) is 1. The average Bonchev–Trinajstić information content (AvgIpc) is 3.06. The minimum atomic E-state index is -0.969. The molecule has 1 aliphatic rings. The Hall–Kier alpha value is -2.72. The molecule has 1 atom stereocenters. The van der Waals surface area contributed by atoms with Crippen molar-refractivity contribution in [3.05, 3.63) is 71.8 Å². The third-order valence-electron chi connectivity index (χ3n) is 4.78. The molecule has 0 aliphatic carbocycles. The number of rotatable bonds is 4. The standard InChI is InChI=1S/C21H18ClNO3/c22-11-15-12-23(21(24)25)18-10-19(26-13-14-6-2-1-3-7-14)16-8-4-5-9-17(16)20(15)18/h1-10,15H,11-13H2,(H,24,25)/t15-/m1/s1. The number of hydrogen-bond acceptors (Lipinski definition) is 2. The molecule has 0 unspecified atom stereocenters. The predicted octanol–water partition coefficient (Wildman–Crippen LogP) is 5.24. The molecule has 0 bridgehead atoms. The second-order valence-electron chi connectivity index (χ2n) is 6.37. The molecule has 3 aromatic rings. The Bertz CT molecular complexity index is 958. The third kappa shape index (κ3) is 2.86. The highest BCUT2D eigenvalue weighted by molar-refractivity contribution is 6.19. The molecular weight excluding hydrogens is 350 g/mol. The lowest BCUT2D eigenvalue weighted by Gasteiger charge is -2.17. The number of anilines is 1. The van der Waals surface area contributed by atoms with Gasteiger partial charge in [-0.1, -0.05) is 54.6 Å². The van der Waals surface area contributed by atoms with Crippen molar-refractivity contribution in [2.24, 2.45) is 0 Å². The maximum absolute atomic E-state index is 11.7. The van der Waals surface area contributed by atoms with E-state index in [1.54, 1.807) is 0 Å². The molecular formula is C21H18ClNO3. The van der Waals surface area contributed by atoms with Crippen LogP contribution in [0.1, 0.15) is 17.0 Å². The zero-order valence-corrected chi connectivity index (χ0v) is 14.8. The van der Waals surface area contributed by atoms with Crippen LogP contribution in [0.25, 0.3) is 10.8 Å². The summed E-state index contributed by atoms with van der Waals surface area (Å²) >= 11 is 6.14. The van der Waals surface area contributed by atoms with Gasteiger partial charge in [0.2, 0.25) is 0 Å². The zero-order chi connectivity index (χ0) is 18.1. The summed E-state index contributed by atoms with van der Waals surface area (Å²) < 4.78 is 6.07. The Labute approximate surface area is 156 Å². The monoisotopic (exact) mass is 367 g/mol. The average molecular weight is 368 g/mol. The minimum Gasteiger partial charge on any atom is -0.488 e. The Morgan fingerprint density at radius 1 is 1.12 bits per heavy atom. The van der Waals surface area contributed by atoms with Crippen LogP contribution >= 0.6 is 11.6 Å². The van der Waals surface area contributed by atoms with Gasteiger partial charge in [0.1, 0.15) is 12.4 Å². The topological polar surface area (TPSA) is 49.8 Å². The van der Waals surface area contributed by atoms with E-state index in [0.29, 0.717) is 30.5 Å². The van der Waals surface area contributed by atoms with Crippen molar-refractivity contribution in [2.75, 3.05) is 17.3 Å². The Morgan fingerprint density at radius 2 is 1.81 bits per heavy atom. The molecule has 26 heavy (non-hydrogen) atoms. The highest BCUT2D eigenvalue weighted by atomic mass is 35.5. The first-order valence-electron chi connectivity index (χ1n) is 8.48. The first kappa shape index (κ1) is 16.7. The lowest BCUT2D eigenvalue weighted by atomic mass is 9.95. The summed E-state index contributed by atoms with van der Waals surface area (Å²) in [6, 6.07) is 19.7. The molecule has 0 saturated carbocycles. The molecule has 1 amide bonds. The van der Waals surface area contributed by atoms with Crippen molar-refractivity contribution in [1.82, 2.24) is 0 Å². The van der Waals surface area contributed by atoms with Crippen LogP contribution in [0.4, 0.5) is 10.5 Å². The summed E-state index contributed by atoms with van der Waals surface area (Å²) in [5.74, 6) is 1.05. The van der Waals surface area contributed by atoms with Crippen molar-refractivity contribution in [2.45, 2.75) is 12.5 Å². The lowest BCUT2D eigenvalue weighted by molar-refractivity contribution is 0.202. The van der Waals surface area contributed by atoms with Crippen molar-refractivity contribution in [3.63, 3.8) is 0 Å². The summed E-state index contributed by atoms with van der Waals surface area (Å²) in [6.07, 6.45) is -0.969. The second kappa shape index (κ2) is 6.89. The van der Waals surface area contributed by atoms with Crippen molar-refractivity contribution in [1.29, 1.82) is 0 Å². The number of carbonyl (C=O) groups is 1. The summed E-state index contributed by atoms with van der Waals surface area (Å²) in [4.78, 5) is 13.1. The fraction of sp³-hybridized carbons (Fsp3) is 0.190. The molecule has 4 rings (SSSR count). The fourth-order valence-electron chi connectivity index (χ4n) is 3.57. The van der Waals surface area contributed by atoms with Crippen LogP contribution in [0.15, 0.2) is 60.7 Å². The van der Waals surface area contributed by atoms with Crippen LogP contribution in [-0.4, -0.2) is 23.6 Å². The number of amides is 1. The van der Waals surface area contributed by atoms with Crippen LogP contribution in [0.5, 0.6) is 5.75 Å². The number of carboxylic acid groups (broad SMARTS) is 1. The van der Waals surface area contributed by atoms with Gasteiger partial charge in [-0.15, -0.1) is 11.6 Å². The van der Waals surface area contributed by atoms with Crippen LogP contribution < -0.4 is 9.64 Å². The Balaban J connectivity index is 1.81. The summed E-state index contributed by atoms with van der Waals surface area (Å²) in [7, 11) is 0. The van der Waals surface area contributed by atoms with E-state index in [9.17, 15) is 9.90 Å². The molecule has 0 aromatic heterocycles. The first-order valence-corrected chi connectivity index (χ1v) is 9.01. The van der Waals surface area contributed by atoms with E-state index in [-0.39, 0.29) is 5.92 Å². The molecule has 3 aromatic carbocycles. The van der Waals surface area contributed by atoms with Crippen LogP contribution in [-0.2, 0) is 6.61 Å². The van der Waals surface area contributed by atoms with Gasteiger partial charge >= 0.3 is 6.09 Å². The van der Waals surface area contributed by atoms with Gasteiger partial charge in [-0.2, -0.15) is 0 Å². The fourth-order valence-corrected chi connectivity index (χ4v) is 3.83. The molecule has 0 saturated heterocycles. The van der Waals surface area contributed by atoms with E-state index in [0.717, 1.165) is 21.9 Å². The van der Waals surface area contributed by atoms with Crippen LogP contribution in [0.3, 0.4) is 0 Å². The van der Waals surface area contributed by atoms with Gasteiger partial charge in [0.25, 0.3) is 0 Å². The summed E-state index contributed by atoms with van der Waals surface area (Å²) in [6.45, 7) is 0.802. The molecule has 1 heterocycles. The number of benzene rings is 3. The van der Waals surface area contributed by atoms with Gasteiger partial charge in [0.15, 0.2) is 0 Å². The van der Waals surface area contributed by atoms with Gasteiger partial charge in [0, 0.05) is 29.8 Å². The number of halogens is 1. The van der Waals surface area contributed by atoms with Crippen LogP contribution in [0.2, 0.25) is 0 Å². The van der Waals surface area contributed by atoms with Crippen molar-refractivity contribution >= 4 is 34.2 Å². The second-order valence-corrected chi connectivity index (χ2v) is 6.68. The van der Waals surface area contributed by atoms with E-state index in [4.69, 9.17) is 16.3 Å². The molecule has 132 valence electrons. The SMILES string of the molecule is O=C(O)N1C[C@@H](CCl)c2c1cc(OCc1ccccc1)c1ccccc21. The van der Waals surface area contributed by atoms with Crippen molar-refractivity contribution in [3.8, 4) is 5.75 Å². The van der Waals surface area contributed by atoms with Gasteiger partial charge < -0.3 is 9.84 Å². The van der Waals surface area contributed by atoms with E-state index < -0.39 is 6.09 Å². The van der Waals surface area contributed by atoms with E-state index >= 15 is 0 Å². The minimum absolute atomic E-state index is 0.0177. The Morgan fingerprint density at radius 3 is 2.50 bits per heavy atom. The number of alkyl halides is 1. The molecule has 5 heteroatoms. The van der Waals surface area contributed by atoms with Crippen molar-refractivity contribution < 1.29 is 14.6 Å². The van der Waals surface area contributed by atoms with Gasteiger partial charge in [-0.25, -0.2) is 4.79 Å². The lowest BCUT2D eigenvalue weighted by Crippen LogP contribution is -2.28. The van der Waals surface area contributed by atoms with Gasteiger partial charge in [0.05, 0.1) is 5.69 Å². The first-order chi connectivity index (χ1) is 12.7. The number of fused-ring (bicyclic) bond motifs is 3. The van der Waals surface area contributed by atoms with E-state index in [1.165, 1.54) is 4.90 Å². The maximum atomic E-state index is 11.7. The van der Waals surface area contributed by atoms with Crippen LogP contribution in [0, 0.1) is 0 Å². The smallest absolute Gasteiger partial charge is 0.411 e.